The fourth-order valence-corrected chi connectivity index (χ4v) is 2.86. The summed E-state index contributed by atoms with van der Waals surface area (Å²) in [5.74, 6) is -0.352. The van der Waals surface area contributed by atoms with Crippen molar-refractivity contribution in [2.24, 2.45) is 0 Å². The summed E-state index contributed by atoms with van der Waals surface area (Å²) in [6, 6.07) is 6.39. The Balaban J connectivity index is 1.61. The van der Waals surface area contributed by atoms with Crippen LogP contribution in [0.5, 0.6) is 0 Å². The molecule has 0 radical (unpaired) electrons. The van der Waals surface area contributed by atoms with E-state index in [9.17, 15) is 14.4 Å². The minimum absolute atomic E-state index is 0.181. The van der Waals surface area contributed by atoms with Gasteiger partial charge in [0.25, 0.3) is 17.7 Å². The van der Waals surface area contributed by atoms with E-state index in [0.717, 1.165) is 6.42 Å². The summed E-state index contributed by atoms with van der Waals surface area (Å²) in [6.45, 7) is 4.19. The second kappa shape index (κ2) is 8.48. The summed E-state index contributed by atoms with van der Waals surface area (Å²) in [5.41, 5.74) is 0.637. The fourth-order valence-electron chi connectivity index (χ4n) is 2.86. The number of rotatable bonds is 5. The van der Waals surface area contributed by atoms with Crippen molar-refractivity contribution in [3.63, 3.8) is 0 Å². The highest BCUT2D eigenvalue weighted by molar-refractivity contribution is 5.98. The summed E-state index contributed by atoms with van der Waals surface area (Å²) in [4.78, 5) is 44.5. The van der Waals surface area contributed by atoms with Crippen LogP contribution in [-0.4, -0.2) is 65.2 Å². The number of carbonyl (C=O) groups excluding carboxylic acids is 3. The molecule has 0 bridgehead atoms. The van der Waals surface area contributed by atoms with Crippen molar-refractivity contribution in [2.45, 2.75) is 13.3 Å². The molecule has 1 N–H and O–H groups in total. The molecule has 0 aliphatic carbocycles. The van der Waals surface area contributed by atoms with Gasteiger partial charge in [0.05, 0.1) is 6.26 Å². The molecule has 0 spiro atoms. The Kier molecular flexibility index (Phi) is 5.85. The molecule has 1 aliphatic heterocycles. The molecule has 1 saturated heterocycles. The third-order valence-corrected chi connectivity index (χ3v) is 4.36. The number of nitrogens with zero attached hydrogens (tertiary/aromatic N) is 3. The van der Waals surface area contributed by atoms with E-state index in [1.54, 1.807) is 28.0 Å². The van der Waals surface area contributed by atoms with Gasteiger partial charge in [-0.05, 0) is 30.7 Å². The largest absolute Gasteiger partial charge is 0.459 e. The van der Waals surface area contributed by atoms with E-state index in [0.29, 0.717) is 44.0 Å². The normalized spacial score (nSPS) is 14.1. The van der Waals surface area contributed by atoms with E-state index >= 15 is 0 Å². The Labute approximate surface area is 157 Å². The van der Waals surface area contributed by atoms with Crippen LogP contribution < -0.4 is 5.32 Å². The number of aromatic nitrogens is 1. The minimum atomic E-state index is -0.245. The van der Waals surface area contributed by atoms with Crippen LogP contribution in [0.25, 0.3) is 0 Å². The van der Waals surface area contributed by atoms with Gasteiger partial charge in [-0.15, -0.1) is 0 Å². The molecule has 2 aromatic rings. The van der Waals surface area contributed by atoms with Crippen molar-refractivity contribution in [1.29, 1.82) is 0 Å². The van der Waals surface area contributed by atoms with E-state index < -0.39 is 0 Å². The Morgan fingerprint density at radius 1 is 1.11 bits per heavy atom. The van der Waals surface area contributed by atoms with Crippen molar-refractivity contribution < 1.29 is 18.8 Å². The van der Waals surface area contributed by atoms with Gasteiger partial charge in [-0.2, -0.15) is 0 Å². The minimum Gasteiger partial charge on any atom is -0.459 e. The van der Waals surface area contributed by atoms with Crippen LogP contribution in [0.4, 0.5) is 0 Å². The molecule has 0 saturated carbocycles. The Bertz CT molecular complexity index is 811. The summed E-state index contributed by atoms with van der Waals surface area (Å²) < 4.78 is 5.14. The molecule has 2 aromatic heterocycles. The van der Waals surface area contributed by atoms with Crippen LogP contribution in [0.15, 0.2) is 41.1 Å². The van der Waals surface area contributed by atoms with Crippen LogP contribution in [0.2, 0.25) is 0 Å². The van der Waals surface area contributed by atoms with Gasteiger partial charge in [0.1, 0.15) is 5.69 Å². The molecule has 1 fully saturated rings. The first-order valence-corrected chi connectivity index (χ1v) is 8.96. The van der Waals surface area contributed by atoms with Crippen LogP contribution >= 0.6 is 0 Å². The molecule has 0 atom stereocenters. The highest BCUT2D eigenvalue weighted by Crippen LogP contribution is 2.12. The fraction of sp³-hybridized carbons (Fsp3) is 0.368. The third kappa shape index (κ3) is 4.33. The van der Waals surface area contributed by atoms with Gasteiger partial charge in [0, 0.05) is 44.5 Å². The molecule has 142 valence electrons. The second-order valence-electron chi connectivity index (χ2n) is 6.25. The van der Waals surface area contributed by atoms with Crippen molar-refractivity contribution in [2.75, 3.05) is 32.7 Å². The van der Waals surface area contributed by atoms with Gasteiger partial charge < -0.3 is 19.5 Å². The zero-order chi connectivity index (χ0) is 19.2. The summed E-state index contributed by atoms with van der Waals surface area (Å²) in [6.07, 6.45) is 3.76. The third-order valence-electron chi connectivity index (χ3n) is 4.36. The maximum atomic E-state index is 12.7. The monoisotopic (exact) mass is 370 g/mol. The first-order chi connectivity index (χ1) is 13.1. The van der Waals surface area contributed by atoms with E-state index in [1.807, 2.05) is 6.92 Å². The Hall–Kier alpha value is -3.16. The van der Waals surface area contributed by atoms with Crippen molar-refractivity contribution in [3.05, 3.63) is 53.7 Å². The lowest BCUT2D eigenvalue weighted by Gasteiger charge is -2.34. The van der Waals surface area contributed by atoms with Crippen LogP contribution in [0.3, 0.4) is 0 Å². The summed E-state index contributed by atoms with van der Waals surface area (Å²) in [5, 5.41) is 2.78. The summed E-state index contributed by atoms with van der Waals surface area (Å²) >= 11 is 0. The SMILES string of the molecule is CCCNC(=O)c1ccnc(C(=O)N2CCN(C(=O)c3ccco3)CC2)c1. The van der Waals surface area contributed by atoms with Crippen LogP contribution in [-0.2, 0) is 0 Å². The van der Waals surface area contributed by atoms with E-state index in [4.69, 9.17) is 4.42 Å². The van der Waals surface area contributed by atoms with Crippen molar-refractivity contribution in [3.8, 4) is 0 Å². The second-order valence-corrected chi connectivity index (χ2v) is 6.25. The lowest BCUT2D eigenvalue weighted by molar-refractivity contribution is 0.0515. The molecule has 3 rings (SSSR count). The van der Waals surface area contributed by atoms with E-state index in [2.05, 4.69) is 10.3 Å². The average molecular weight is 370 g/mol. The molecule has 1 aliphatic rings. The standard InChI is InChI=1S/C19H22N4O4/c1-2-6-21-17(24)14-5-7-20-15(13-14)18(25)22-8-10-23(11-9-22)19(26)16-4-3-12-27-16/h3-5,7,12-13H,2,6,8-11H2,1H3,(H,21,24). The zero-order valence-electron chi connectivity index (χ0n) is 15.2. The van der Waals surface area contributed by atoms with Gasteiger partial charge >= 0.3 is 0 Å². The molecule has 3 heterocycles. The highest BCUT2D eigenvalue weighted by atomic mass is 16.3. The topological polar surface area (TPSA) is 95.8 Å². The predicted molar refractivity (Wildman–Crippen MR) is 97.4 cm³/mol. The molecule has 27 heavy (non-hydrogen) atoms. The lowest BCUT2D eigenvalue weighted by Crippen LogP contribution is -2.50. The molecule has 0 aromatic carbocycles. The number of amides is 3. The quantitative estimate of drug-likeness (QED) is 0.859. The number of nitrogens with one attached hydrogen (secondary N) is 1. The Morgan fingerprint density at radius 3 is 2.44 bits per heavy atom. The van der Waals surface area contributed by atoms with E-state index in [-0.39, 0.29) is 23.4 Å². The van der Waals surface area contributed by atoms with Crippen LogP contribution in [0, 0.1) is 0 Å². The van der Waals surface area contributed by atoms with Crippen LogP contribution in [0.1, 0.15) is 44.7 Å². The molecule has 0 unspecified atom stereocenters. The lowest BCUT2D eigenvalue weighted by atomic mass is 10.2. The maximum Gasteiger partial charge on any atom is 0.289 e. The number of hydrogen-bond donors (Lipinski definition) is 1. The number of carbonyl (C=O) groups is 3. The average Bonchev–Trinajstić information content (AvgIpc) is 3.26. The zero-order valence-corrected chi connectivity index (χ0v) is 15.2. The smallest absolute Gasteiger partial charge is 0.289 e. The summed E-state index contributed by atoms with van der Waals surface area (Å²) in [7, 11) is 0. The van der Waals surface area contributed by atoms with Gasteiger partial charge in [0.2, 0.25) is 0 Å². The van der Waals surface area contributed by atoms with Crippen molar-refractivity contribution in [1.82, 2.24) is 20.1 Å². The first kappa shape index (κ1) is 18.6. The number of piperazine rings is 1. The molecule has 8 heteroatoms. The predicted octanol–water partition coefficient (Wildman–Crippen LogP) is 1.41. The molecule has 3 amide bonds. The number of furan rings is 1. The van der Waals surface area contributed by atoms with Crippen molar-refractivity contribution >= 4 is 17.7 Å². The number of hydrogen-bond acceptors (Lipinski definition) is 5. The number of pyridine rings is 1. The highest BCUT2D eigenvalue weighted by Gasteiger charge is 2.27. The van der Waals surface area contributed by atoms with Gasteiger partial charge in [-0.1, -0.05) is 6.92 Å². The van der Waals surface area contributed by atoms with Gasteiger partial charge in [0.15, 0.2) is 5.76 Å². The van der Waals surface area contributed by atoms with Gasteiger partial charge in [-0.25, -0.2) is 0 Å². The molecular weight excluding hydrogens is 348 g/mol. The van der Waals surface area contributed by atoms with Gasteiger partial charge in [-0.3, -0.25) is 19.4 Å². The van der Waals surface area contributed by atoms with E-state index in [1.165, 1.54) is 18.5 Å². The first-order valence-electron chi connectivity index (χ1n) is 8.96. The molecule has 8 nitrogen and oxygen atoms in total. The maximum absolute atomic E-state index is 12.7. The Morgan fingerprint density at radius 2 is 1.81 bits per heavy atom. The molecular formula is C19H22N4O4.